The van der Waals surface area contributed by atoms with E-state index in [0.717, 1.165) is 21.1 Å². The van der Waals surface area contributed by atoms with Crippen molar-refractivity contribution in [1.82, 2.24) is 4.90 Å². The zero-order chi connectivity index (χ0) is 22.4. The molecule has 9 heteroatoms. The zero-order valence-electron chi connectivity index (χ0n) is 17.9. The molecule has 1 aromatic carbocycles. The van der Waals surface area contributed by atoms with E-state index in [1.54, 1.807) is 36.6 Å². The van der Waals surface area contributed by atoms with Crippen molar-refractivity contribution >= 4 is 46.1 Å². The molecule has 0 fully saturated rings. The lowest BCUT2D eigenvalue weighted by Crippen LogP contribution is -2.36. The van der Waals surface area contributed by atoms with Gasteiger partial charge in [0, 0.05) is 21.9 Å². The first-order valence-electron chi connectivity index (χ1n) is 10.3. The van der Waals surface area contributed by atoms with Crippen LogP contribution in [-0.2, 0) is 22.4 Å². The van der Waals surface area contributed by atoms with E-state index in [9.17, 15) is 14.4 Å². The molecule has 166 valence electrons. The number of thioether (sulfide) groups is 1. The number of rotatable bonds is 7. The van der Waals surface area contributed by atoms with Crippen LogP contribution < -0.4 is 5.32 Å². The number of carbonyl (C=O) groups is 3. The van der Waals surface area contributed by atoms with Gasteiger partial charge in [-0.15, -0.1) is 23.1 Å². The van der Waals surface area contributed by atoms with Crippen molar-refractivity contribution in [3.63, 3.8) is 0 Å². The van der Waals surface area contributed by atoms with Gasteiger partial charge < -0.3 is 19.7 Å². The number of amides is 2. The van der Waals surface area contributed by atoms with Gasteiger partial charge in [0.2, 0.25) is 0 Å². The van der Waals surface area contributed by atoms with Crippen LogP contribution in [0.25, 0.3) is 0 Å². The summed E-state index contributed by atoms with van der Waals surface area (Å²) in [4.78, 5) is 41.2. The highest BCUT2D eigenvalue weighted by Gasteiger charge is 2.31. The number of carbonyl (C=O) groups excluding carboxylic acids is 3. The van der Waals surface area contributed by atoms with Gasteiger partial charge in [0.1, 0.15) is 5.00 Å². The van der Waals surface area contributed by atoms with Gasteiger partial charge in [-0.25, -0.2) is 9.59 Å². The third-order valence-electron chi connectivity index (χ3n) is 4.70. The molecule has 0 aliphatic carbocycles. The molecule has 0 spiro atoms. The monoisotopic (exact) mass is 462 g/mol. The number of hydrogen-bond acceptors (Lipinski definition) is 7. The molecule has 1 aromatic heterocycles. The van der Waals surface area contributed by atoms with Crippen LogP contribution in [0.4, 0.5) is 9.80 Å². The van der Waals surface area contributed by atoms with E-state index in [4.69, 9.17) is 9.47 Å². The van der Waals surface area contributed by atoms with Gasteiger partial charge in [-0.3, -0.25) is 4.79 Å². The fourth-order valence-corrected chi connectivity index (χ4v) is 5.32. The SMILES string of the molecule is CCOC(=O)c1c(NC(=O)c2cccc(SCC)c2)sc2c1CCN(C(=O)OCC)C2. The van der Waals surface area contributed by atoms with Crippen LogP contribution >= 0.6 is 23.1 Å². The standard InChI is InChI=1S/C22H26N2O5S2/c1-4-28-21(26)18-16-10-11-24(22(27)29-5-2)13-17(16)31-20(18)23-19(25)14-8-7-9-15(12-14)30-6-3/h7-9,12H,4-6,10-11,13H2,1-3H3,(H,23,25). The molecule has 0 saturated carbocycles. The first-order chi connectivity index (χ1) is 15.0. The summed E-state index contributed by atoms with van der Waals surface area (Å²) in [5.74, 6) is 0.160. The Morgan fingerprint density at radius 1 is 1.16 bits per heavy atom. The Labute approximate surface area is 190 Å². The number of nitrogens with zero attached hydrogens (tertiary/aromatic N) is 1. The molecule has 0 unspecified atom stereocenters. The van der Waals surface area contributed by atoms with Crippen LogP contribution in [0.3, 0.4) is 0 Å². The molecule has 3 rings (SSSR count). The third kappa shape index (κ3) is 5.40. The normalized spacial score (nSPS) is 12.8. The van der Waals surface area contributed by atoms with Crippen LogP contribution in [0.5, 0.6) is 0 Å². The summed E-state index contributed by atoms with van der Waals surface area (Å²) in [6.45, 7) is 6.88. The number of fused-ring (bicyclic) bond motifs is 1. The number of ether oxygens (including phenoxy) is 2. The maximum absolute atomic E-state index is 12.9. The Balaban J connectivity index is 1.89. The second-order valence-corrected chi connectivity index (χ2v) is 9.16. The highest BCUT2D eigenvalue weighted by Crippen LogP contribution is 2.38. The minimum absolute atomic E-state index is 0.238. The van der Waals surface area contributed by atoms with Crippen LogP contribution in [0.1, 0.15) is 51.9 Å². The smallest absolute Gasteiger partial charge is 0.410 e. The Kier molecular flexibility index (Phi) is 7.97. The van der Waals surface area contributed by atoms with Gasteiger partial charge in [-0.1, -0.05) is 13.0 Å². The Hall–Kier alpha value is -2.52. The van der Waals surface area contributed by atoms with Gasteiger partial charge >= 0.3 is 12.1 Å². The predicted octanol–water partition coefficient (Wildman–Crippen LogP) is 4.80. The van der Waals surface area contributed by atoms with Crippen LogP contribution in [-0.4, -0.2) is 48.4 Å². The fourth-order valence-electron chi connectivity index (χ4n) is 3.35. The molecular weight excluding hydrogens is 436 g/mol. The molecule has 2 amide bonds. The second-order valence-electron chi connectivity index (χ2n) is 6.71. The van der Waals surface area contributed by atoms with Crippen molar-refractivity contribution in [1.29, 1.82) is 0 Å². The molecule has 31 heavy (non-hydrogen) atoms. The van der Waals surface area contributed by atoms with E-state index in [2.05, 4.69) is 12.2 Å². The lowest BCUT2D eigenvalue weighted by Gasteiger charge is -2.26. The van der Waals surface area contributed by atoms with E-state index >= 15 is 0 Å². The Morgan fingerprint density at radius 2 is 1.94 bits per heavy atom. The van der Waals surface area contributed by atoms with Gasteiger partial charge in [0.05, 0.1) is 25.3 Å². The van der Waals surface area contributed by atoms with Crippen molar-refractivity contribution in [2.75, 3.05) is 30.8 Å². The predicted molar refractivity (Wildman–Crippen MR) is 122 cm³/mol. The lowest BCUT2D eigenvalue weighted by molar-refractivity contribution is 0.0526. The average molecular weight is 463 g/mol. The van der Waals surface area contributed by atoms with Gasteiger partial charge in [0.25, 0.3) is 5.91 Å². The van der Waals surface area contributed by atoms with E-state index in [-0.39, 0.29) is 18.6 Å². The average Bonchev–Trinajstić information content (AvgIpc) is 3.11. The molecule has 1 aliphatic heterocycles. The van der Waals surface area contributed by atoms with Crippen molar-refractivity contribution in [3.8, 4) is 0 Å². The number of hydrogen-bond donors (Lipinski definition) is 1. The van der Waals surface area contributed by atoms with Crippen molar-refractivity contribution in [3.05, 3.63) is 45.8 Å². The van der Waals surface area contributed by atoms with E-state index in [1.807, 2.05) is 18.2 Å². The molecule has 0 saturated heterocycles. The molecular formula is C22H26N2O5S2. The van der Waals surface area contributed by atoms with Crippen molar-refractivity contribution in [2.45, 2.75) is 38.6 Å². The fraction of sp³-hybridized carbons (Fsp3) is 0.409. The molecule has 2 heterocycles. The lowest BCUT2D eigenvalue weighted by atomic mass is 10.0. The number of thiophene rings is 1. The van der Waals surface area contributed by atoms with Gasteiger partial charge in [0.15, 0.2) is 0 Å². The highest BCUT2D eigenvalue weighted by atomic mass is 32.2. The number of esters is 1. The molecule has 0 bridgehead atoms. The summed E-state index contributed by atoms with van der Waals surface area (Å²) >= 11 is 2.96. The van der Waals surface area contributed by atoms with Crippen molar-refractivity contribution in [2.24, 2.45) is 0 Å². The molecule has 0 atom stereocenters. The largest absolute Gasteiger partial charge is 0.462 e. The summed E-state index contributed by atoms with van der Waals surface area (Å²) < 4.78 is 10.4. The first-order valence-corrected chi connectivity index (χ1v) is 12.1. The maximum Gasteiger partial charge on any atom is 0.410 e. The zero-order valence-corrected chi connectivity index (χ0v) is 19.5. The maximum atomic E-state index is 12.9. The third-order valence-corrected chi connectivity index (χ3v) is 6.70. The first kappa shape index (κ1) is 23.1. The highest BCUT2D eigenvalue weighted by molar-refractivity contribution is 7.99. The van der Waals surface area contributed by atoms with Crippen molar-refractivity contribution < 1.29 is 23.9 Å². The summed E-state index contributed by atoms with van der Waals surface area (Å²) in [5, 5.41) is 3.35. The Bertz CT molecular complexity index is 973. The number of benzene rings is 1. The van der Waals surface area contributed by atoms with Crippen LogP contribution in [0.15, 0.2) is 29.2 Å². The summed E-state index contributed by atoms with van der Waals surface area (Å²) in [5.41, 5.74) is 1.74. The summed E-state index contributed by atoms with van der Waals surface area (Å²) in [6.07, 6.45) is 0.118. The molecule has 7 nitrogen and oxygen atoms in total. The summed E-state index contributed by atoms with van der Waals surface area (Å²) in [6, 6.07) is 7.39. The van der Waals surface area contributed by atoms with E-state index in [0.29, 0.717) is 42.2 Å². The minimum atomic E-state index is -0.463. The number of anilines is 1. The van der Waals surface area contributed by atoms with Gasteiger partial charge in [-0.2, -0.15) is 0 Å². The summed E-state index contributed by atoms with van der Waals surface area (Å²) in [7, 11) is 0. The second kappa shape index (κ2) is 10.7. The topological polar surface area (TPSA) is 84.9 Å². The quantitative estimate of drug-likeness (QED) is 0.470. The van der Waals surface area contributed by atoms with Crippen LogP contribution in [0, 0.1) is 0 Å². The van der Waals surface area contributed by atoms with E-state index < -0.39 is 5.97 Å². The van der Waals surface area contributed by atoms with Crippen LogP contribution in [0.2, 0.25) is 0 Å². The Morgan fingerprint density at radius 3 is 2.65 bits per heavy atom. The van der Waals surface area contributed by atoms with E-state index in [1.165, 1.54) is 11.3 Å². The molecule has 2 aromatic rings. The molecule has 1 aliphatic rings. The number of nitrogens with one attached hydrogen (secondary N) is 1. The molecule has 0 radical (unpaired) electrons. The molecule has 1 N–H and O–H groups in total. The van der Waals surface area contributed by atoms with Gasteiger partial charge in [-0.05, 0) is 49.8 Å². The minimum Gasteiger partial charge on any atom is -0.462 e.